The van der Waals surface area contributed by atoms with Crippen LogP contribution in [0.25, 0.3) is 0 Å². The summed E-state index contributed by atoms with van der Waals surface area (Å²) in [6.45, 7) is 4.05. The van der Waals surface area contributed by atoms with Crippen molar-refractivity contribution in [2.75, 3.05) is 6.54 Å². The lowest BCUT2D eigenvalue weighted by molar-refractivity contribution is -0.145. The highest BCUT2D eigenvalue weighted by Gasteiger charge is 2.32. The maximum absolute atomic E-state index is 12.2. The molecule has 0 bridgehead atoms. The van der Waals surface area contributed by atoms with Gasteiger partial charge in [0.2, 0.25) is 11.8 Å². The summed E-state index contributed by atoms with van der Waals surface area (Å²) in [6.07, 6.45) is 0.583. The molecule has 0 radical (unpaired) electrons. The first kappa shape index (κ1) is 13.9. The summed E-state index contributed by atoms with van der Waals surface area (Å²) in [5.41, 5.74) is 1.47. The van der Waals surface area contributed by atoms with Crippen LogP contribution in [0.2, 0.25) is 5.02 Å². The Bertz CT molecular complexity index is 526. The van der Waals surface area contributed by atoms with Gasteiger partial charge in [0, 0.05) is 7.05 Å². The average Bonchev–Trinajstić information content (AvgIpc) is 2.60. The standard InChI is InChI=1S/C12H17ClN4O2/c1-4-8-12(19)17(6-10(18)14-8)5-9-11(13)7(2)15-16(9)3/h8H,4-6H2,1-3H3,(H,14,18). The number of amides is 2. The summed E-state index contributed by atoms with van der Waals surface area (Å²) in [6, 6.07) is -0.436. The second-order valence-electron chi connectivity index (χ2n) is 4.69. The number of aryl methyl sites for hydroxylation is 2. The topological polar surface area (TPSA) is 67.2 Å². The molecule has 1 unspecified atom stereocenters. The van der Waals surface area contributed by atoms with E-state index >= 15 is 0 Å². The van der Waals surface area contributed by atoms with E-state index in [1.165, 1.54) is 4.90 Å². The lowest BCUT2D eigenvalue weighted by Crippen LogP contribution is -2.57. The summed E-state index contributed by atoms with van der Waals surface area (Å²) in [4.78, 5) is 25.3. The van der Waals surface area contributed by atoms with Gasteiger partial charge in [-0.2, -0.15) is 5.10 Å². The summed E-state index contributed by atoms with van der Waals surface area (Å²) in [7, 11) is 1.78. The Morgan fingerprint density at radius 2 is 2.16 bits per heavy atom. The van der Waals surface area contributed by atoms with Crippen LogP contribution in [0.5, 0.6) is 0 Å². The van der Waals surface area contributed by atoms with E-state index in [0.717, 1.165) is 11.4 Å². The number of carbonyl (C=O) groups is 2. The molecule has 1 atom stereocenters. The molecule has 0 aromatic carbocycles. The molecule has 2 heterocycles. The van der Waals surface area contributed by atoms with E-state index in [9.17, 15) is 9.59 Å². The number of carbonyl (C=O) groups excluding carboxylic acids is 2. The Hall–Kier alpha value is -1.56. The number of halogens is 1. The van der Waals surface area contributed by atoms with E-state index in [-0.39, 0.29) is 18.4 Å². The van der Waals surface area contributed by atoms with Crippen LogP contribution in [0.1, 0.15) is 24.7 Å². The van der Waals surface area contributed by atoms with Gasteiger partial charge in [-0.1, -0.05) is 18.5 Å². The number of hydrogen-bond donors (Lipinski definition) is 1. The van der Waals surface area contributed by atoms with Gasteiger partial charge in [-0.05, 0) is 13.3 Å². The number of rotatable bonds is 3. The Labute approximate surface area is 116 Å². The normalized spacial score (nSPS) is 19.8. The molecule has 6 nitrogen and oxygen atoms in total. The first-order valence-corrected chi connectivity index (χ1v) is 6.58. The van der Waals surface area contributed by atoms with Gasteiger partial charge < -0.3 is 10.2 Å². The first-order valence-electron chi connectivity index (χ1n) is 6.20. The summed E-state index contributed by atoms with van der Waals surface area (Å²) >= 11 is 6.17. The molecule has 2 amide bonds. The van der Waals surface area contributed by atoms with Crippen molar-refractivity contribution < 1.29 is 9.59 Å². The smallest absolute Gasteiger partial charge is 0.245 e. The van der Waals surface area contributed by atoms with E-state index in [4.69, 9.17) is 11.6 Å². The second-order valence-corrected chi connectivity index (χ2v) is 5.07. The minimum atomic E-state index is -0.436. The third-order valence-corrected chi connectivity index (χ3v) is 3.78. The lowest BCUT2D eigenvalue weighted by atomic mass is 10.1. The molecule has 1 aromatic rings. The van der Waals surface area contributed by atoms with Crippen LogP contribution in [0, 0.1) is 6.92 Å². The Kier molecular flexibility index (Phi) is 3.80. The SMILES string of the molecule is CCC1NC(=O)CN(Cc2c(Cl)c(C)nn2C)C1=O. The molecule has 1 aliphatic rings. The summed E-state index contributed by atoms with van der Waals surface area (Å²) in [5.74, 6) is -0.210. The molecule has 1 aromatic heterocycles. The predicted molar refractivity (Wildman–Crippen MR) is 70.6 cm³/mol. The average molecular weight is 285 g/mol. The number of hydrogen-bond acceptors (Lipinski definition) is 3. The van der Waals surface area contributed by atoms with Crippen LogP contribution >= 0.6 is 11.6 Å². The number of nitrogens with one attached hydrogen (secondary N) is 1. The van der Waals surface area contributed by atoms with E-state index in [1.807, 2.05) is 13.8 Å². The largest absolute Gasteiger partial charge is 0.343 e. The summed E-state index contributed by atoms with van der Waals surface area (Å²) in [5, 5.41) is 7.44. The monoisotopic (exact) mass is 284 g/mol. The third kappa shape index (κ3) is 2.58. The van der Waals surface area contributed by atoms with E-state index < -0.39 is 6.04 Å². The molecule has 1 N–H and O–H groups in total. The minimum Gasteiger partial charge on any atom is -0.343 e. The van der Waals surface area contributed by atoms with Crippen LogP contribution in [-0.4, -0.2) is 39.1 Å². The molecule has 0 spiro atoms. The van der Waals surface area contributed by atoms with Gasteiger partial charge in [-0.15, -0.1) is 0 Å². The molecule has 0 aliphatic carbocycles. The van der Waals surface area contributed by atoms with E-state index in [1.54, 1.807) is 11.7 Å². The molecule has 2 rings (SSSR count). The van der Waals surface area contributed by atoms with Crippen LogP contribution in [0.3, 0.4) is 0 Å². The van der Waals surface area contributed by atoms with Crippen molar-refractivity contribution >= 4 is 23.4 Å². The molecular formula is C12H17ClN4O2. The lowest BCUT2D eigenvalue weighted by Gasteiger charge is -2.32. The van der Waals surface area contributed by atoms with Crippen molar-refractivity contribution in [3.8, 4) is 0 Å². The van der Waals surface area contributed by atoms with Crippen LogP contribution in [0.15, 0.2) is 0 Å². The Morgan fingerprint density at radius 3 is 2.68 bits per heavy atom. The zero-order chi connectivity index (χ0) is 14.2. The molecule has 1 aliphatic heterocycles. The van der Waals surface area contributed by atoms with Crippen LogP contribution in [-0.2, 0) is 23.2 Å². The maximum Gasteiger partial charge on any atom is 0.245 e. The highest BCUT2D eigenvalue weighted by atomic mass is 35.5. The fraction of sp³-hybridized carbons (Fsp3) is 0.583. The molecule has 104 valence electrons. The van der Waals surface area contributed by atoms with Crippen molar-refractivity contribution in [2.45, 2.75) is 32.9 Å². The van der Waals surface area contributed by atoms with E-state index in [2.05, 4.69) is 10.4 Å². The first-order chi connectivity index (χ1) is 8.93. The second kappa shape index (κ2) is 5.21. The van der Waals surface area contributed by atoms with Gasteiger partial charge in [0.05, 0.1) is 23.0 Å². The number of piperazine rings is 1. The molecular weight excluding hydrogens is 268 g/mol. The molecule has 1 fully saturated rings. The molecule has 0 saturated carbocycles. The fourth-order valence-electron chi connectivity index (χ4n) is 2.22. The Balaban J connectivity index is 2.22. The molecule has 1 saturated heterocycles. The van der Waals surface area contributed by atoms with Gasteiger partial charge in [0.1, 0.15) is 12.6 Å². The zero-order valence-electron chi connectivity index (χ0n) is 11.2. The van der Waals surface area contributed by atoms with Crippen molar-refractivity contribution in [1.29, 1.82) is 0 Å². The number of nitrogens with zero attached hydrogens (tertiary/aromatic N) is 3. The van der Waals surface area contributed by atoms with Gasteiger partial charge in [-0.3, -0.25) is 14.3 Å². The molecule has 19 heavy (non-hydrogen) atoms. The van der Waals surface area contributed by atoms with Crippen LogP contribution < -0.4 is 5.32 Å². The fourth-order valence-corrected chi connectivity index (χ4v) is 2.44. The highest BCUT2D eigenvalue weighted by molar-refractivity contribution is 6.31. The molecule has 7 heteroatoms. The van der Waals surface area contributed by atoms with Gasteiger partial charge in [-0.25, -0.2) is 0 Å². The van der Waals surface area contributed by atoms with E-state index in [0.29, 0.717) is 18.0 Å². The quantitative estimate of drug-likeness (QED) is 0.885. The highest BCUT2D eigenvalue weighted by Crippen LogP contribution is 2.22. The Morgan fingerprint density at radius 1 is 1.47 bits per heavy atom. The van der Waals surface area contributed by atoms with Crippen molar-refractivity contribution in [3.63, 3.8) is 0 Å². The van der Waals surface area contributed by atoms with Gasteiger partial charge in [0.25, 0.3) is 0 Å². The predicted octanol–water partition coefficient (Wildman–Crippen LogP) is 0.619. The van der Waals surface area contributed by atoms with Gasteiger partial charge >= 0.3 is 0 Å². The third-order valence-electron chi connectivity index (χ3n) is 3.29. The van der Waals surface area contributed by atoms with Crippen LogP contribution in [0.4, 0.5) is 0 Å². The minimum absolute atomic E-state index is 0.0654. The van der Waals surface area contributed by atoms with Crippen molar-refractivity contribution in [1.82, 2.24) is 20.0 Å². The van der Waals surface area contributed by atoms with Gasteiger partial charge in [0.15, 0.2) is 0 Å². The zero-order valence-corrected chi connectivity index (χ0v) is 12.0. The van der Waals surface area contributed by atoms with Crippen molar-refractivity contribution in [3.05, 3.63) is 16.4 Å². The van der Waals surface area contributed by atoms with Crippen molar-refractivity contribution in [2.24, 2.45) is 7.05 Å². The number of aromatic nitrogens is 2. The maximum atomic E-state index is 12.2. The summed E-state index contributed by atoms with van der Waals surface area (Å²) < 4.78 is 1.65.